The molecule has 0 amide bonds. The summed E-state index contributed by atoms with van der Waals surface area (Å²) in [5, 5.41) is 13.3. The van der Waals surface area contributed by atoms with Gasteiger partial charge in [0.25, 0.3) is 0 Å². The summed E-state index contributed by atoms with van der Waals surface area (Å²) in [5.74, 6) is 0.378. The fourth-order valence-corrected chi connectivity index (χ4v) is 4.94. The van der Waals surface area contributed by atoms with Crippen molar-refractivity contribution >= 4 is 44.4 Å². The molecule has 1 atom stereocenters. The van der Waals surface area contributed by atoms with Gasteiger partial charge in [-0.1, -0.05) is 42.0 Å². The first-order valence-electron chi connectivity index (χ1n) is 12.3. The number of hydrogen-bond acceptors (Lipinski definition) is 9. The number of nitrogens with one attached hydrogen (secondary N) is 4. The molecule has 2 heterocycles. The Balaban J connectivity index is 1.24. The van der Waals surface area contributed by atoms with Crippen LogP contribution in [0, 0.1) is 6.92 Å². The second-order valence-corrected chi connectivity index (χ2v) is 12.0. The number of sulfone groups is 1. The average Bonchev–Trinajstić information content (AvgIpc) is 3.19. The van der Waals surface area contributed by atoms with E-state index in [2.05, 4.69) is 62.4 Å². The van der Waals surface area contributed by atoms with Crippen molar-refractivity contribution in [3.05, 3.63) is 95.7 Å². The molecular formula is C28H31N7O2S. The zero-order chi connectivity index (χ0) is 26.8. The van der Waals surface area contributed by atoms with E-state index in [9.17, 15) is 8.42 Å². The summed E-state index contributed by atoms with van der Waals surface area (Å²) in [6, 6.07) is 23.7. The monoisotopic (exact) mass is 529 g/mol. The Morgan fingerprint density at radius 1 is 0.895 bits per heavy atom. The zero-order valence-corrected chi connectivity index (χ0v) is 22.1. The highest BCUT2D eigenvalue weighted by atomic mass is 32.2. The number of rotatable bonds is 9. The van der Waals surface area contributed by atoms with Crippen LogP contribution in [0.3, 0.4) is 0 Å². The molecule has 0 bridgehead atoms. The minimum Gasteiger partial charge on any atom is -0.349 e. The molecule has 0 radical (unpaired) electrons. The van der Waals surface area contributed by atoms with Gasteiger partial charge in [-0.3, -0.25) is 5.73 Å². The van der Waals surface area contributed by atoms with Crippen LogP contribution in [0.15, 0.2) is 79.0 Å². The van der Waals surface area contributed by atoms with Gasteiger partial charge >= 0.3 is 0 Å². The predicted octanol–water partition coefficient (Wildman–Crippen LogP) is 4.55. The van der Waals surface area contributed by atoms with Crippen LogP contribution in [0.4, 0.5) is 34.5 Å². The number of aryl methyl sites for hydroxylation is 2. The van der Waals surface area contributed by atoms with Crippen molar-refractivity contribution in [2.45, 2.75) is 25.6 Å². The third-order valence-corrected chi connectivity index (χ3v) is 7.16. The van der Waals surface area contributed by atoms with Crippen molar-refractivity contribution in [1.82, 2.24) is 9.97 Å². The Bertz CT molecular complexity index is 1560. The lowest BCUT2D eigenvalue weighted by Crippen LogP contribution is -2.53. The molecular weight excluding hydrogens is 498 g/mol. The van der Waals surface area contributed by atoms with Gasteiger partial charge in [0.05, 0.1) is 17.1 Å². The van der Waals surface area contributed by atoms with Crippen molar-refractivity contribution in [3.8, 4) is 0 Å². The molecule has 1 aromatic heterocycles. The van der Waals surface area contributed by atoms with E-state index < -0.39 is 15.6 Å². The third kappa shape index (κ3) is 6.58. The fourth-order valence-electron chi connectivity index (χ4n) is 4.34. The van der Waals surface area contributed by atoms with Gasteiger partial charge in [0.1, 0.15) is 15.7 Å². The summed E-state index contributed by atoms with van der Waals surface area (Å²) in [6.45, 7) is 2.07. The number of benzene rings is 3. The maximum atomic E-state index is 11.5. The van der Waals surface area contributed by atoms with Crippen molar-refractivity contribution in [2.75, 3.05) is 33.3 Å². The van der Waals surface area contributed by atoms with E-state index in [1.54, 1.807) is 12.3 Å². The maximum absolute atomic E-state index is 11.5. The Morgan fingerprint density at radius 3 is 2.45 bits per heavy atom. The molecule has 1 aliphatic heterocycles. The van der Waals surface area contributed by atoms with Crippen molar-refractivity contribution in [2.24, 2.45) is 5.73 Å². The molecule has 6 N–H and O–H groups in total. The lowest BCUT2D eigenvalue weighted by atomic mass is 10.1. The Hall–Kier alpha value is -4.15. The van der Waals surface area contributed by atoms with Crippen LogP contribution in [-0.4, -0.2) is 36.2 Å². The second kappa shape index (κ2) is 10.3. The molecule has 0 saturated carbocycles. The smallest absolute Gasteiger partial charge is 0.229 e. The molecule has 1 aliphatic rings. The standard InChI is InChI=1S/C28H31N7O2S/c1-19-6-8-21(9-7-19)18-28(29)34-24-11-10-23(17-25(24)35-28)31-26-12-14-30-27(33-26)32-22-5-3-4-20(16-22)13-15-38(2,36)37/h3-12,14,16-17,34-35H,13,15,18,29H2,1-2H3,(H2,30,31,32,33). The molecule has 38 heavy (non-hydrogen) atoms. The molecule has 10 heteroatoms. The summed E-state index contributed by atoms with van der Waals surface area (Å²) >= 11 is 0. The van der Waals surface area contributed by atoms with Crippen LogP contribution in [0.5, 0.6) is 0 Å². The Labute approximate surface area is 222 Å². The van der Waals surface area contributed by atoms with E-state index in [-0.39, 0.29) is 5.75 Å². The number of nitrogens with zero attached hydrogens (tertiary/aromatic N) is 2. The number of hydrogen-bond donors (Lipinski definition) is 5. The van der Waals surface area contributed by atoms with Gasteiger partial charge in [-0.15, -0.1) is 0 Å². The summed E-state index contributed by atoms with van der Waals surface area (Å²) < 4.78 is 23.0. The molecule has 4 aromatic rings. The normalized spacial score (nSPS) is 16.3. The molecule has 0 aliphatic carbocycles. The number of aromatic nitrogens is 2. The molecule has 196 valence electrons. The predicted molar refractivity (Wildman–Crippen MR) is 154 cm³/mol. The van der Waals surface area contributed by atoms with Gasteiger partial charge < -0.3 is 21.3 Å². The Morgan fingerprint density at radius 2 is 1.66 bits per heavy atom. The van der Waals surface area contributed by atoms with Crippen LogP contribution in [0.1, 0.15) is 16.7 Å². The summed E-state index contributed by atoms with van der Waals surface area (Å²) in [4.78, 5) is 8.89. The molecule has 1 unspecified atom stereocenters. The lowest BCUT2D eigenvalue weighted by Gasteiger charge is -2.26. The van der Waals surface area contributed by atoms with E-state index in [1.807, 2.05) is 42.5 Å². The number of fused-ring (bicyclic) bond motifs is 1. The minimum atomic E-state index is -3.02. The third-order valence-electron chi connectivity index (χ3n) is 6.21. The van der Waals surface area contributed by atoms with Gasteiger partial charge in [0.15, 0.2) is 5.79 Å². The lowest BCUT2D eigenvalue weighted by molar-refractivity contribution is 0.566. The quantitative estimate of drug-likeness (QED) is 0.212. The summed E-state index contributed by atoms with van der Waals surface area (Å²) in [5.41, 5.74) is 13.4. The van der Waals surface area contributed by atoms with E-state index >= 15 is 0 Å². The minimum absolute atomic E-state index is 0.106. The van der Waals surface area contributed by atoms with Crippen molar-refractivity contribution < 1.29 is 8.42 Å². The molecule has 0 spiro atoms. The van der Waals surface area contributed by atoms with Gasteiger partial charge in [-0.25, -0.2) is 13.4 Å². The first-order chi connectivity index (χ1) is 18.1. The zero-order valence-electron chi connectivity index (χ0n) is 21.3. The molecule has 3 aromatic carbocycles. The van der Waals surface area contributed by atoms with E-state index in [0.29, 0.717) is 24.6 Å². The summed E-state index contributed by atoms with van der Waals surface area (Å²) in [6.07, 6.45) is 3.99. The molecule has 5 rings (SSSR count). The van der Waals surface area contributed by atoms with Crippen LogP contribution in [0.25, 0.3) is 0 Å². The number of nitrogens with two attached hydrogens (primary N) is 1. The Kier molecular flexibility index (Phi) is 6.92. The number of anilines is 6. The topological polar surface area (TPSA) is 134 Å². The van der Waals surface area contributed by atoms with Crippen molar-refractivity contribution in [1.29, 1.82) is 0 Å². The van der Waals surface area contributed by atoms with Gasteiger partial charge in [-0.2, -0.15) is 4.98 Å². The highest BCUT2D eigenvalue weighted by Gasteiger charge is 2.32. The van der Waals surface area contributed by atoms with E-state index in [4.69, 9.17) is 5.73 Å². The first kappa shape index (κ1) is 25.5. The van der Waals surface area contributed by atoms with Crippen LogP contribution >= 0.6 is 0 Å². The summed E-state index contributed by atoms with van der Waals surface area (Å²) in [7, 11) is -3.02. The largest absolute Gasteiger partial charge is 0.349 e. The molecule has 0 fully saturated rings. The highest BCUT2D eigenvalue weighted by Crippen LogP contribution is 2.36. The van der Waals surface area contributed by atoms with Gasteiger partial charge in [0, 0.05) is 30.2 Å². The van der Waals surface area contributed by atoms with E-state index in [0.717, 1.165) is 33.9 Å². The highest BCUT2D eigenvalue weighted by molar-refractivity contribution is 7.90. The SMILES string of the molecule is Cc1ccc(CC2(N)Nc3ccc(Nc4ccnc(Nc5cccc(CCS(C)(=O)=O)c5)n4)cc3N2)cc1. The molecule has 0 saturated heterocycles. The average molecular weight is 530 g/mol. The van der Waals surface area contributed by atoms with Crippen LogP contribution in [0.2, 0.25) is 0 Å². The van der Waals surface area contributed by atoms with Crippen molar-refractivity contribution in [3.63, 3.8) is 0 Å². The van der Waals surface area contributed by atoms with Crippen LogP contribution in [-0.2, 0) is 22.7 Å². The van der Waals surface area contributed by atoms with Crippen LogP contribution < -0.4 is 27.0 Å². The van der Waals surface area contributed by atoms with Gasteiger partial charge in [0.2, 0.25) is 5.95 Å². The van der Waals surface area contributed by atoms with Gasteiger partial charge in [-0.05, 0) is 60.9 Å². The second-order valence-electron chi connectivity index (χ2n) is 9.74. The fraction of sp³-hybridized carbons (Fsp3) is 0.214. The first-order valence-corrected chi connectivity index (χ1v) is 14.4. The molecule has 9 nitrogen and oxygen atoms in total. The maximum Gasteiger partial charge on any atom is 0.229 e. The van der Waals surface area contributed by atoms with E-state index in [1.165, 1.54) is 11.8 Å².